The Hall–Kier alpha value is -0.550. The lowest BCUT2D eigenvalue weighted by atomic mass is 10.0. The van der Waals surface area contributed by atoms with Crippen LogP contribution in [0.3, 0.4) is 0 Å². The van der Waals surface area contributed by atoms with Gasteiger partial charge < -0.3 is 5.73 Å². The van der Waals surface area contributed by atoms with Crippen molar-refractivity contribution in [1.82, 2.24) is 0 Å². The van der Waals surface area contributed by atoms with Gasteiger partial charge in [-0.05, 0) is 12.8 Å². The lowest BCUT2D eigenvalue weighted by Crippen LogP contribution is -2.17. The number of nitriles is 1. The summed E-state index contributed by atoms with van der Waals surface area (Å²) in [5.41, 5.74) is 5.84. The molecule has 0 aromatic rings. The van der Waals surface area contributed by atoms with Crippen molar-refractivity contribution in [3.8, 4) is 6.07 Å². The van der Waals surface area contributed by atoms with Crippen molar-refractivity contribution >= 4 is 0 Å². The quantitative estimate of drug-likeness (QED) is 0.589. The fourth-order valence-corrected chi connectivity index (χ4v) is 1.57. The molecule has 0 radical (unpaired) electrons. The lowest BCUT2D eigenvalue weighted by Gasteiger charge is -2.07. The highest BCUT2D eigenvalue weighted by Gasteiger charge is 1.97. The van der Waals surface area contributed by atoms with Crippen LogP contribution in [0.25, 0.3) is 0 Å². The van der Waals surface area contributed by atoms with Gasteiger partial charge in [0.1, 0.15) is 0 Å². The number of nitrogens with two attached hydrogens (primary N) is 1. The van der Waals surface area contributed by atoms with Crippen molar-refractivity contribution < 1.29 is 0 Å². The second kappa shape index (κ2) is 17.8. The van der Waals surface area contributed by atoms with Crippen LogP contribution < -0.4 is 5.73 Å². The maximum atomic E-state index is 7.62. The van der Waals surface area contributed by atoms with E-state index in [4.69, 9.17) is 11.0 Å². The first-order valence-corrected chi connectivity index (χ1v) is 7.35. The zero-order valence-corrected chi connectivity index (χ0v) is 12.2. The van der Waals surface area contributed by atoms with Gasteiger partial charge in [-0.2, -0.15) is 5.26 Å². The molecular weight excluding hydrogens is 208 g/mol. The highest BCUT2D eigenvalue weighted by Crippen LogP contribution is 2.09. The Morgan fingerprint density at radius 1 is 0.941 bits per heavy atom. The maximum absolute atomic E-state index is 7.62. The molecule has 0 heterocycles. The molecule has 0 aliphatic rings. The Kier molecular flexibility index (Phi) is 19.7. The molecule has 2 heteroatoms. The zero-order chi connectivity index (χ0) is 13.4. The molecule has 0 saturated carbocycles. The molecule has 17 heavy (non-hydrogen) atoms. The van der Waals surface area contributed by atoms with Crippen molar-refractivity contribution in [1.29, 1.82) is 5.26 Å². The monoisotopic (exact) mass is 240 g/mol. The van der Waals surface area contributed by atoms with Gasteiger partial charge in [-0.25, -0.2) is 0 Å². The van der Waals surface area contributed by atoms with E-state index in [1.807, 2.05) is 13.0 Å². The van der Waals surface area contributed by atoms with E-state index in [0.29, 0.717) is 12.5 Å². The van der Waals surface area contributed by atoms with E-state index in [-0.39, 0.29) is 0 Å². The number of hydrogen-bond acceptors (Lipinski definition) is 2. The van der Waals surface area contributed by atoms with Crippen LogP contribution in [-0.4, -0.2) is 6.04 Å². The largest absolute Gasteiger partial charge is 0.328 e. The summed E-state index contributed by atoms with van der Waals surface area (Å²) in [4.78, 5) is 0. The summed E-state index contributed by atoms with van der Waals surface area (Å²) < 4.78 is 0. The Morgan fingerprint density at radius 2 is 1.41 bits per heavy atom. The molecule has 0 bridgehead atoms. The first kappa shape index (κ1) is 18.8. The van der Waals surface area contributed by atoms with Gasteiger partial charge in [0.2, 0.25) is 0 Å². The molecule has 1 atom stereocenters. The van der Waals surface area contributed by atoms with Crippen molar-refractivity contribution in [3.05, 3.63) is 0 Å². The fraction of sp³-hybridized carbons (Fsp3) is 0.933. The zero-order valence-electron chi connectivity index (χ0n) is 12.2. The van der Waals surface area contributed by atoms with Crippen LogP contribution in [0.5, 0.6) is 0 Å². The molecule has 102 valence electrons. The van der Waals surface area contributed by atoms with Gasteiger partial charge in [-0.15, -0.1) is 0 Å². The summed E-state index contributed by atoms with van der Waals surface area (Å²) in [7, 11) is 0. The summed E-state index contributed by atoms with van der Waals surface area (Å²) in [6.45, 7) is 6.26. The van der Waals surface area contributed by atoms with Gasteiger partial charge in [0.05, 0.1) is 6.07 Å². The summed E-state index contributed by atoms with van der Waals surface area (Å²) in [6, 6.07) is 2.38. The van der Waals surface area contributed by atoms with Gasteiger partial charge in [0.25, 0.3) is 0 Å². The molecule has 0 aliphatic heterocycles. The summed E-state index contributed by atoms with van der Waals surface area (Å²) in [6.07, 6.45) is 12.7. The molecule has 2 N–H and O–H groups in total. The Labute approximate surface area is 109 Å². The number of unbranched alkanes of at least 4 members (excludes halogenated alkanes) is 6. The molecular formula is C15H32N2. The van der Waals surface area contributed by atoms with Gasteiger partial charge in [-0.3, -0.25) is 0 Å². The van der Waals surface area contributed by atoms with Crippen LogP contribution in [0.2, 0.25) is 0 Å². The third-order valence-corrected chi connectivity index (χ3v) is 2.86. The van der Waals surface area contributed by atoms with E-state index >= 15 is 0 Å². The number of rotatable bonds is 9. The van der Waals surface area contributed by atoms with E-state index in [1.54, 1.807) is 0 Å². The molecule has 0 aliphatic carbocycles. The number of nitrogens with zero attached hydrogens (tertiary/aromatic N) is 1. The standard InChI is InChI=1S/C12H27N.C3H5N/c1-3-5-6-7-8-9-10-11-12(13)4-2;1-2-3-4/h12H,3-11,13H2,1-2H3;2H2,1H3. The molecule has 0 spiro atoms. The first-order valence-electron chi connectivity index (χ1n) is 7.35. The summed E-state index contributed by atoms with van der Waals surface area (Å²) in [5.74, 6) is 0. The minimum absolute atomic E-state index is 0.454. The number of hydrogen-bond donors (Lipinski definition) is 1. The predicted molar refractivity (Wildman–Crippen MR) is 76.8 cm³/mol. The van der Waals surface area contributed by atoms with E-state index in [2.05, 4.69) is 13.8 Å². The maximum Gasteiger partial charge on any atom is 0.0618 e. The highest BCUT2D eigenvalue weighted by atomic mass is 14.6. The third kappa shape index (κ3) is 21.3. The second-order valence-corrected chi connectivity index (χ2v) is 4.59. The van der Waals surface area contributed by atoms with Crippen LogP contribution in [0.15, 0.2) is 0 Å². The van der Waals surface area contributed by atoms with Crippen molar-refractivity contribution in [2.45, 2.75) is 91.0 Å². The molecule has 0 fully saturated rings. The Bertz CT molecular complexity index is 161. The Morgan fingerprint density at radius 3 is 1.82 bits per heavy atom. The van der Waals surface area contributed by atoms with Crippen LogP contribution in [0, 0.1) is 11.3 Å². The minimum atomic E-state index is 0.454. The Balaban J connectivity index is 0. The average molecular weight is 240 g/mol. The van der Waals surface area contributed by atoms with Crippen molar-refractivity contribution in [3.63, 3.8) is 0 Å². The normalized spacial score (nSPS) is 11.2. The molecule has 0 rings (SSSR count). The molecule has 0 saturated heterocycles. The average Bonchev–Trinajstić information content (AvgIpc) is 2.37. The molecule has 2 nitrogen and oxygen atoms in total. The molecule has 0 aromatic heterocycles. The van der Waals surface area contributed by atoms with E-state index in [1.165, 1.54) is 51.4 Å². The highest BCUT2D eigenvalue weighted by molar-refractivity contribution is 4.62. The topological polar surface area (TPSA) is 49.8 Å². The van der Waals surface area contributed by atoms with Gasteiger partial charge >= 0.3 is 0 Å². The van der Waals surface area contributed by atoms with Crippen molar-refractivity contribution in [2.75, 3.05) is 0 Å². The van der Waals surface area contributed by atoms with E-state index in [0.717, 1.165) is 6.42 Å². The molecule has 1 unspecified atom stereocenters. The summed E-state index contributed by atoms with van der Waals surface area (Å²) in [5, 5.41) is 7.62. The van der Waals surface area contributed by atoms with Gasteiger partial charge in [0, 0.05) is 12.5 Å². The van der Waals surface area contributed by atoms with Gasteiger partial charge in [-0.1, -0.05) is 65.7 Å². The molecule has 0 aromatic carbocycles. The fourth-order valence-electron chi connectivity index (χ4n) is 1.57. The SMILES string of the molecule is CCC#N.CCCCCCCCCC(N)CC. The van der Waals surface area contributed by atoms with E-state index in [9.17, 15) is 0 Å². The van der Waals surface area contributed by atoms with Crippen LogP contribution in [-0.2, 0) is 0 Å². The lowest BCUT2D eigenvalue weighted by molar-refractivity contribution is 0.522. The van der Waals surface area contributed by atoms with Crippen LogP contribution in [0.1, 0.15) is 85.0 Å². The third-order valence-electron chi connectivity index (χ3n) is 2.86. The first-order chi connectivity index (χ1) is 8.22. The van der Waals surface area contributed by atoms with Crippen LogP contribution in [0.4, 0.5) is 0 Å². The smallest absolute Gasteiger partial charge is 0.0618 e. The van der Waals surface area contributed by atoms with E-state index < -0.39 is 0 Å². The predicted octanol–water partition coefficient (Wildman–Crippen LogP) is 4.78. The molecule has 0 amide bonds. The van der Waals surface area contributed by atoms with Crippen LogP contribution >= 0.6 is 0 Å². The van der Waals surface area contributed by atoms with Crippen molar-refractivity contribution in [2.24, 2.45) is 5.73 Å². The second-order valence-electron chi connectivity index (χ2n) is 4.59. The minimum Gasteiger partial charge on any atom is -0.328 e. The van der Waals surface area contributed by atoms with Gasteiger partial charge in [0.15, 0.2) is 0 Å². The summed E-state index contributed by atoms with van der Waals surface area (Å²) >= 11 is 0.